The van der Waals surface area contributed by atoms with Crippen LogP contribution in [0.5, 0.6) is 0 Å². The van der Waals surface area contributed by atoms with Crippen LogP contribution in [0.15, 0.2) is 0 Å². The molecule has 80 valence electrons. The highest BCUT2D eigenvalue weighted by Crippen LogP contribution is 2.07. The summed E-state index contributed by atoms with van der Waals surface area (Å²) in [7, 11) is 0. The summed E-state index contributed by atoms with van der Waals surface area (Å²) in [5, 5.41) is 8.79. The van der Waals surface area contributed by atoms with Crippen molar-refractivity contribution in [1.82, 2.24) is 0 Å². The van der Waals surface area contributed by atoms with Gasteiger partial charge in [0.25, 0.3) is 0 Å². The average molecular weight is 188 g/mol. The van der Waals surface area contributed by atoms with Gasteiger partial charge in [0.05, 0.1) is 6.10 Å². The van der Waals surface area contributed by atoms with Gasteiger partial charge < -0.3 is 9.84 Å². The Balaban J connectivity index is 3.33. The summed E-state index contributed by atoms with van der Waals surface area (Å²) >= 11 is 0. The van der Waals surface area contributed by atoms with E-state index >= 15 is 0 Å². The Bertz CT molecular complexity index is 88.1. The molecule has 0 aromatic carbocycles. The van der Waals surface area contributed by atoms with Gasteiger partial charge in [-0.15, -0.1) is 0 Å². The van der Waals surface area contributed by atoms with Crippen LogP contribution < -0.4 is 0 Å². The Morgan fingerprint density at radius 1 is 1.08 bits per heavy atom. The SMILES string of the molecule is CCCCCOC(CCC)CCO. The number of aliphatic hydroxyl groups is 1. The van der Waals surface area contributed by atoms with Crippen molar-refractivity contribution in [1.29, 1.82) is 0 Å². The van der Waals surface area contributed by atoms with Crippen molar-refractivity contribution in [2.24, 2.45) is 0 Å². The number of hydrogen-bond acceptors (Lipinski definition) is 2. The lowest BCUT2D eigenvalue weighted by Gasteiger charge is -2.15. The van der Waals surface area contributed by atoms with Crippen molar-refractivity contribution < 1.29 is 9.84 Å². The maximum absolute atomic E-state index is 8.79. The molecule has 0 spiro atoms. The van der Waals surface area contributed by atoms with Crippen LogP contribution >= 0.6 is 0 Å². The lowest BCUT2D eigenvalue weighted by molar-refractivity contribution is 0.0279. The van der Waals surface area contributed by atoms with Crippen LogP contribution in [-0.2, 0) is 4.74 Å². The van der Waals surface area contributed by atoms with Crippen molar-refractivity contribution >= 4 is 0 Å². The molecule has 0 aromatic heterocycles. The zero-order valence-electron chi connectivity index (χ0n) is 9.09. The molecule has 0 aliphatic heterocycles. The fraction of sp³-hybridized carbons (Fsp3) is 1.00. The van der Waals surface area contributed by atoms with E-state index in [0.717, 1.165) is 32.3 Å². The van der Waals surface area contributed by atoms with Crippen molar-refractivity contribution in [3.63, 3.8) is 0 Å². The highest BCUT2D eigenvalue weighted by atomic mass is 16.5. The maximum atomic E-state index is 8.79. The zero-order valence-corrected chi connectivity index (χ0v) is 9.09. The van der Waals surface area contributed by atoms with Crippen molar-refractivity contribution in [3.8, 4) is 0 Å². The first-order chi connectivity index (χ1) is 6.35. The van der Waals surface area contributed by atoms with Gasteiger partial charge in [-0.05, 0) is 19.3 Å². The van der Waals surface area contributed by atoms with Gasteiger partial charge in [0.1, 0.15) is 0 Å². The van der Waals surface area contributed by atoms with Gasteiger partial charge in [-0.2, -0.15) is 0 Å². The van der Waals surface area contributed by atoms with Gasteiger partial charge in [-0.1, -0.05) is 33.1 Å². The normalized spacial score (nSPS) is 13.2. The van der Waals surface area contributed by atoms with E-state index in [4.69, 9.17) is 9.84 Å². The van der Waals surface area contributed by atoms with Gasteiger partial charge in [0, 0.05) is 13.2 Å². The quantitative estimate of drug-likeness (QED) is 0.564. The largest absolute Gasteiger partial charge is 0.396 e. The Labute approximate surface area is 82.3 Å². The molecule has 0 aliphatic rings. The highest BCUT2D eigenvalue weighted by Gasteiger charge is 2.06. The molecule has 1 unspecified atom stereocenters. The number of unbranched alkanes of at least 4 members (excludes halogenated alkanes) is 2. The monoisotopic (exact) mass is 188 g/mol. The predicted molar refractivity (Wildman–Crippen MR) is 55.9 cm³/mol. The van der Waals surface area contributed by atoms with Crippen molar-refractivity contribution in [2.45, 2.75) is 58.5 Å². The second-order valence-electron chi connectivity index (χ2n) is 3.50. The summed E-state index contributed by atoms with van der Waals surface area (Å²) < 4.78 is 5.66. The molecule has 0 fully saturated rings. The van der Waals surface area contributed by atoms with Gasteiger partial charge >= 0.3 is 0 Å². The first kappa shape index (κ1) is 12.9. The molecule has 0 saturated heterocycles. The van der Waals surface area contributed by atoms with Crippen molar-refractivity contribution in [2.75, 3.05) is 13.2 Å². The topological polar surface area (TPSA) is 29.5 Å². The fourth-order valence-electron chi connectivity index (χ4n) is 1.38. The average Bonchev–Trinajstić information content (AvgIpc) is 2.13. The van der Waals surface area contributed by atoms with Gasteiger partial charge in [-0.3, -0.25) is 0 Å². The minimum absolute atomic E-state index is 0.248. The van der Waals surface area contributed by atoms with Crippen LogP contribution in [0.3, 0.4) is 0 Å². The van der Waals surface area contributed by atoms with Crippen LogP contribution in [0, 0.1) is 0 Å². The molecular formula is C11H24O2. The first-order valence-electron chi connectivity index (χ1n) is 5.57. The summed E-state index contributed by atoms with van der Waals surface area (Å²) in [6.07, 6.45) is 6.93. The third kappa shape index (κ3) is 8.26. The lowest BCUT2D eigenvalue weighted by Crippen LogP contribution is -2.15. The lowest BCUT2D eigenvalue weighted by atomic mass is 10.1. The van der Waals surface area contributed by atoms with E-state index < -0.39 is 0 Å². The van der Waals surface area contributed by atoms with Crippen LogP contribution in [0.4, 0.5) is 0 Å². The molecule has 2 nitrogen and oxygen atoms in total. The Morgan fingerprint density at radius 3 is 2.38 bits per heavy atom. The molecule has 1 N–H and O–H groups in total. The predicted octanol–water partition coefficient (Wildman–Crippen LogP) is 2.74. The number of rotatable bonds is 9. The van der Waals surface area contributed by atoms with E-state index in [9.17, 15) is 0 Å². The first-order valence-corrected chi connectivity index (χ1v) is 5.57. The summed E-state index contributed by atoms with van der Waals surface area (Å²) in [4.78, 5) is 0. The van der Waals surface area contributed by atoms with Gasteiger partial charge in [0.15, 0.2) is 0 Å². The molecule has 0 radical (unpaired) electrons. The van der Waals surface area contributed by atoms with Gasteiger partial charge in [-0.25, -0.2) is 0 Å². The number of aliphatic hydroxyl groups excluding tert-OH is 1. The molecule has 0 rings (SSSR count). The third-order valence-electron chi connectivity index (χ3n) is 2.16. The van der Waals surface area contributed by atoms with E-state index in [1.54, 1.807) is 0 Å². The third-order valence-corrected chi connectivity index (χ3v) is 2.16. The van der Waals surface area contributed by atoms with E-state index in [2.05, 4.69) is 13.8 Å². The molecular weight excluding hydrogens is 164 g/mol. The molecule has 13 heavy (non-hydrogen) atoms. The number of hydrogen-bond donors (Lipinski definition) is 1. The van der Waals surface area contributed by atoms with Crippen LogP contribution in [0.2, 0.25) is 0 Å². The second kappa shape index (κ2) is 10.0. The molecule has 0 heterocycles. The summed E-state index contributed by atoms with van der Waals surface area (Å²) in [6, 6.07) is 0. The smallest absolute Gasteiger partial charge is 0.0596 e. The summed E-state index contributed by atoms with van der Waals surface area (Å²) in [5.74, 6) is 0. The van der Waals surface area contributed by atoms with Crippen molar-refractivity contribution in [3.05, 3.63) is 0 Å². The van der Waals surface area contributed by atoms with E-state index in [1.165, 1.54) is 12.8 Å². The molecule has 0 saturated carbocycles. The number of ether oxygens (including phenoxy) is 1. The van der Waals surface area contributed by atoms with Crippen LogP contribution in [0.25, 0.3) is 0 Å². The molecule has 2 heteroatoms. The highest BCUT2D eigenvalue weighted by molar-refractivity contribution is 4.56. The van der Waals surface area contributed by atoms with Gasteiger partial charge in [0.2, 0.25) is 0 Å². The van der Waals surface area contributed by atoms with Crippen LogP contribution in [0.1, 0.15) is 52.4 Å². The van der Waals surface area contributed by atoms with E-state index in [1.807, 2.05) is 0 Å². The summed E-state index contributed by atoms with van der Waals surface area (Å²) in [6.45, 7) is 5.45. The minimum atomic E-state index is 0.248. The second-order valence-corrected chi connectivity index (χ2v) is 3.50. The fourth-order valence-corrected chi connectivity index (χ4v) is 1.38. The molecule has 0 aromatic rings. The molecule has 0 aliphatic carbocycles. The Hall–Kier alpha value is -0.0800. The molecule has 1 atom stereocenters. The van der Waals surface area contributed by atoms with E-state index in [0.29, 0.717) is 0 Å². The molecule has 0 amide bonds. The minimum Gasteiger partial charge on any atom is -0.396 e. The standard InChI is InChI=1S/C11H24O2/c1-3-5-6-10-13-11(7-4-2)8-9-12/h11-12H,3-10H2,1-2H3. The Morgan fingerprint density at radius 2 is 1.85 bits per heavy atom. The van der Waals surface area contributed by atoms with E-state index in [-0.39, 0.29) is 12.7 Å². The van der Waals surface area contributed by atoms with Crippen LogP contribution in [-0.4, -0.2) is 24.4 Å². The summed E-state index contributed by atoms with van der Waals surface area (Å²) in [5.41, 5.74) is 0. The zero-order chi connectivity index (χ0) is 9.94. The maximum Gasteiger partial charge on any atom is 0.0596 e. The Kier molecular flexibility index (Phi) is 9.94. The molecule has 0 bridgehead atoms.